The van der Waals surface area contributed by atoms with Crippen molar-refractivity contribution in [2.75, 3.05) is 13.2 Å². The number of para-hydroxylation sites is 1. The normalized spacial score (nSPS) is 17.6. The standard InChI is InChI=1S/C15H20NO3/c1-3-19-15(18)11-16(12(2)17,14-9-10-14)13-7-5-4-6-8-13/h4-8,14H,3,9-11H2,1-2H3/q+1. The molecule has 0 spiro atoms. The van der Waals surface area contributed by atoms with Crippen LogP contribution in [0.2, 0.25) is 0 Å². The van der Waals surface area contributed by atoms with Crippen LogP contribution in [0.1, 0.15) is 26.7 Å². The number of esters is 1. The first-order valence-corrected chi connectivity index (χ1v) is 6.71. The highest BCUT2D eigenvalue weighted by Crippen LogP contribution is 2.39. The maximum atomic E-state index is 12.3. The molecule has 1 aliphatic rings. The van der Waals surface area contributed by atoms with Gasteiger partial charge in [-0.2, -0.15) is 0 Å². The fourth-order valence-corrected chi connectivity index (χ4v) is 2.60. The minimum Gasteiger partial charge on any atom is -0.462 e. The third-order valence-corrected chi connectivity index (χ3v) is 3.63. The van der Waals surface area contributed by atoms with Crippen LogP contribution in [-0.4, -0.2) is 31.1 Å². The van der Waals surface area contributed by atoms with E-state index < -0.39 is 0 Å². The number of ether oxygens (including phenoxy) is 1. The van der Waals surface area contributed by atoms with Gasteiger partial charge >= 0.3 is 11.9 Å². The van der Waals surface area contributed by atoms with E-state index in [9.17, 15) is 9.59 Å². The molecule has 1 amide bonds. The van der Waals surface area contributed by atoms with Gasteiger partial charge in [-0.05, 0) is 19.1 Å². The molecule has 102 valence electrons. The van der Waals surface area contributed by atoms with Gasteiger partial charge < -0.3 is 4.74 Å². The topological polar surface area (TPSA) is 43.4 Å². The molecule has 0 radical (unpaired) electrons. The molecular weight excluding hydrogens is 242 g/mol. The molecule has 1 aromatic carbocycles. The monoisotopic (exact) mass is 262 g/mol. The highest BCUT2D eigenvalue weighted by atomic mass is 16.5. The number of hydrogen-bond acceptors (Lipinski definition) is 3. The molecule has 1 saturated carbocycles. The number of rotatable bonds is 5. The third kappa shape index (κ3) is 2.68. The quantitative estimate of drug-likeness (QED) is 0.604. The van der Waals surface area contributed by atoms with Crippen LogP contribution in [0.3, 0.4) is 0 Å². The molecule has 0 N–H and O–H groups in total. The number of carbonyl (C=O) groups is 2. The van der Waals surface area contributed by atoms with Crippen LogP contribution < -0.4 is 4.48 Å². The van der Waals surface area contributed by atoms with E-state index in [2.05, 4.69) is 0 Å². The van der Waals surface area contributed by atoms with E-state index in [-0.39, 0.29) is 28.9 Å². The van der Waals surface area contributed by atoms with Crippen molar-refractivity contribution in [3.63, 3.8) is 0 Å². The minimum atomic E-state index is -0.312. The Morgan fingerprint density at radius 2 is 1.89 bits per heavy atom. The van der Waals surface area contributed by atoms with Crippen LogP contribution in [0.15, 0.2) is 30.3 Å². The zero-order chi connectivity index (χ0) is 13.9. The summed E-state index contributed by atoms with van der Waals surface area (Å²) in [7, 11) is 0. The molecule has 0 heterocycles. The first-order chi connectivity index (χ1) is 9.11. The molecule has 4 heteroatoms. The molecule has 0 bridgehead atoms. The van der Waals surface area contributed by atoms with Gasteiger partial charge in [0.1, 0.15) is 11.7 Å². The number of benzene rings is 1. The predicted octanol–water partition coefficient (Wildman–Crippen LogP) is 2.27. The Hall–Kier alpha value is -1.68. The third-order valence-electron chi connectivity index (χ3n) is 3.63. The van der Waals surface area contributed by atoms with E-state index in [1.54, 1.807) is 13.8 Å². The summed E-state index contributed by atoms with van der Waals surface area (Å²) in [5.74, 6) is -0.310. The second-order valence-corrected chi connectivity index (χ2v) is 4.92. The molecule has 0 saturated heterocycles. The van der Waals surface area contributed by atoms with Crippen molar-refractivity contribution in [2.24, 2.45) is 0 Å². The second kappa shape index (κ2) is 5.53. The average Bonchev–Trinajstić information content (AvgIpc) is 3.21. The van der Waals surface area contributed by atoms with Gasteiger partial charge in [-0.3, -0.25) is 0 Å². The number of amides is 1. The molecule has 0 aromatic heterocycles. The molecule has 4 nitrogen and oxygen atoms in total. The first-order valence-electron chi connectivity index (χ1n) is 6.71. The molecule has 1 aromatic rings. The van der Waals surface area contributed by atoms with E-state index in [1.807, 2.05) is 30.3 Å². The smallest absolute Gasteiger partial charge is 0.362 e. The Morgan fingerprint density at radius 3 is 2.37 bits per heavy atom. The van der Waals surface area contributed by atoms with Gasteiger partial charge in [-0.1, -0.05) is 18.2 Å². The van der Waals surface area contributed by atoms with Gasteiger partial charge in [0.2, 0.25) is 0 Å². The Balaban J connectivity index is 2.37. The maximum Gasteiger partial charge on any atom is 0.362 e. The molecular formula is C15H20NO3+. The molecule has 1 unspecified atom stereocenters. The van der Waals surface area contributed by atoms with Crippen LogP contribution in [-0.2, 0) is 14.3 Å². The largest absolute Gasteiger partial charge is 0.462 e. The van der Waals surface area contributed by atoms with Crippen LogP contribution in [0, 0.1) is 0 Å². The van der Waals surface area contributed by atoms with Gasteiger partial charge in [0.15, 0.2) is 6.54 Å². The Kier molecular flexibility index (Phi) is 4.00. The summed E-state index contributed by atoms with van der Waals surface area (Å²) in [5.41, 5.74) is 0.880. The number of quaternary nitrogens is 1. The first kappa shape index (κ1) is 13.7. The van der Waals surface area contributed by atoms with E-state index >= 15 is 0 Å². The SMILES string of the molecule is CCOC(=O)C[N+](C(C)=O)(c1ccccc1)C1CC1. The number of nitrogens with zero attached hydrogens (tertiary/aromatic N) is 1. The van der Waals surface area contributed by atoms with Gasteiger partial charge in [0.05, 0.1) is 13.5 Å². The zero-order valence-electron chi connectivity index (χ0n) is 11.5. The zero-order valence-corrected chi connectivity index (χ0v) is 11.5. The van der Waals surface area contributed by atoms with Crippen LogP contribution in [0.5, 0.6) is 0 Å². The lowest BCUT2D eigenvalue weighted by atomic mass is 10.2. The van der Waals surface area contributed by atoms with Crippen molar-refractivity contribution in [1.82, 2.24) is 4.48 Å². The van der Waals surface area contributed by atoms with E-state index in [0.29, 0.717) is 6.61 Å². The summed E-state index contributed by atoms with van der Waals surface area (Å²) in [5, 5.41) is 0. The predicted molar refractivity (Wildman–Crippen MR) is 73.4 cm³/mol. The lowest BCUT2D eigenvalue weighted by Gasteiger charge is -2.33. The molecule has 1 atom stereocenters. The van der Waals surface area contributed by atoms with Gasteiger partial charge in [-0.15, -0.1) is 0 Å². The maximum absolute atomic E-state index is 12.3. The number of hydrogen-bond donors (Lipinski definition) is 0. The number of carbonyl (C=O) groups excluding carboxylic acids is 2. The van der Waals surface area contributed by atoms with Crippen LogP contribution in [0.4, 0.5) is 5.69 Å². The summed E-state index contributed by atoms with van der Waals surface area (Å²) in [6.45, 7) is 3.78. The van der Waals surface area contributed by atoms with Crippen molar-refractivity contribution >= 4 is 17.6 Å². The fourth-order valence-electron chi connectivity index (χ4n) is 2.60. The molecule has 2 rings (SSSR count). The van der Waals surface area contributed by atoms with E-state index in [4.69, 9.17) is 4.74 Å². The van der Waals surface area contributed by atoms with Gasteiger partial charge in [0, 0.05) is 12.8 Å². The Morgan fingerprint density at radius 1 is 1.26 bits per heavy atom. The summed E-state index contributed by atoms with van der Waals surface area (Å²) < 4.78 is 5.14. The minimum absolute atomic E-state index is 0.00162. The van der Waals surface area contributed by atoms with Crippen molar-refractivity contribution in [1.29, 1.82) is 0 Å². The van der Waals surface area contributed by atoms with Crippen molar-refractivity contribution < 1.29 is 14.3 Å². The summed E-state index contributed by atoms with van der Waals surface area (Å²) in [6.07, 6.45) is 1.96. The second-order valence-electron chi connectivity index (χ2n) is 4.92. The Labute approximate surface area is 113 Å². The van der Waals surface area contributed by atoms with Crippen molar-refractivity contribution in [3.8, 4) is 0 Å². The molecule has 0 aliphatic heterocycles. The molecule has 1 aliphatic carbocycles. The van der Waals surface area contributed by atoms with Gasteiger partial charge in [0.25, 0.3) is 0 Å². The van der Waals surface area contributed by atoms with Crippen LogP contribution >= 0.6 is 0 Å². The lowest BCUT2D eigenvalue weighted by molar-refractivity contribution is -0.148. The highest BCUT2D eigenvalue weighted by Gasteiger charge is 2.51. The summed E-state index contributed by atoms with van der Waals surface area (Å²) in [4.78, 5) is 24.1. The fraction of sp³-hybridized carbons (Fsp3) is 0.467. The van der Waals surface area contributed by atoms with E-state index in [0.717, 1.165) is 18.5 Å². The summed E-state index contributed by atoms with van der Waals surface area (Å²) in [6, 6.07) is 9.76. The summed E-state index contributed by atoms with van der Waals surface area (Å²) >= 11 is 0. The van der Waals surface area contributed by atoms with Gasteiger partial charge in [-0.25, -0.2) is 14.1 Å². The highest BCUT2D eigenvalue weighted by molar-refractivity contribution is 5.92. The van der Waals surface area contributed by atoms with Crippen LogP contribution in [0.25, 0.3) is 0 Å². The van der Waals surface area contributed by atoms with Crippen molar-refractivity contribution in [2.45, 2.75) is 32.7 Å². The van der Waals surface area contributed by atoms with Crippen molar-refractivity contribution in [3.05, 3.63) is 30.3 Å². The lowest BCUT2D eigenvalue weighted by Crippen LogP contribution is -2.58. The van der Waals surface area contributed by atoms with E-state index in [1.165, 1.54) is 0 Å². The molecule has 1 fully saturated rings. The molecule has 19 heavy (non-hydrogen) atoms. The average molecular weight is 262 g/mol. The Bertz CT molecular complexity index is 468.